The lowest BCUT2D eigenvalue weighted by atomic mass is 9.95. The Hall–Kier alpha value is -1.09. The van der Waals surface area contributed by atoms with Crippen molar-refractivity contribution in [3.05, 3.63) is 29.6 Å². The van der Waals surface area contributed by atoms with Crippen molar-refractivity contribution < 1.29 is 4.39 Å². The van der Waals surface area contributed by atoms with E-state index in [2.05, 4.69) is 0 Å². The highest BCUT2D eigenvalue weighted by molar-refractivity contribution is 5.48. The van der Waals surface area contributed by atoms with Gasteiger partial charge >= 0.3 is 0 Å². The maximum atomic E-state index is 13.5. The standard InChI is InChI=1S/C11H17FN2/c1-11(2,13)8-5-6-10(14(3)4)9(12)7-8/h5-7H,13H2,1-4H3. The molecule has 3 heteroatoms. The zero-order valence-corrected chi connectivity index (χ0v) is 9.13. The fraction of sp³-hybridized carbons (Fsp3) is 0.455. The predicted octanol–water partition coefficient (Wildman–Crippen LogP) is 2.09. The van der Waals surface area contributed by atoms with Gasteiger partial charge in [-0.2, -0.15) is 0 Å². The monoisotopic (exact) mass is 196 g/mol. The van der Waals surface area contributed by atoms with Crippen LogP contribution in [0.25, 0.3) is 0 Å². The van der Waals surface area contributed by atoms with E-state index in [9.17, 15) is 4.39 Å². The van der Waals surface area contributed by atoms with E-state index in [1.165, 1.54) is 6.07 Å². The molecule has 14 heavy (non-hydrogen) atoms. The van der Waals surface area contributed by atoms with E-state index in [0.717, 1.165) is 5.56 Å². The maximum Gasteiger partial charge on any atom is 0.146 e. The summed E-state index contributed by atoms with van der Waals surface area (Å²) in [6, 6.07) is 5.10. The lowest BCUT2D eigenvalue weighted by Gasteiger charge is -2.21. The normalized spacial score (nSPS) is 11.6. The van der Waals surface area contributed by atoms with Crippen molar-refractivity contribution >= 4 is 5.69 Å². The molecule has 0 spiro atoms. The molecule has 0 fully saturated rings. The first kappa shape index (κ1) is 11.0. The number of anilines is 1. The van der Waals surface area contributed by atoms with Gasteiger partial charge in [0.15, 0.2) is 0 Å². The van der Waals surface area contributed by atoms with E-state index in [-0.39, 0.29) is 5.82 Å². The number of halogens is 1. The lowest BCUT2D eigenvalue weighted by Crippen LogP contribution is -2.28. The third-order valence-electron chi connectivity index (χ3n) is 2.17. The highest BCUT2D eigenvalue weighted by atomic mass is 19.1. The molecule has 0 saturated carbocycles. The third kappa shape index (κ3) is 2.23. The van der Waals surface area contributed by atoms with E-state index in [4.69, 9.17) is 5.73 Å². The molecule has 0 radical (unpaired) electrons. The first-order valence-electron chi connectivity index (χ1n) is 4.58. The molecule has 0 saturated heterocycles. The number of nitrogens with two attached hydrogens (primary N) is 1. The van der Waals surface area contributed by atoms with Crippen molar-refractivity contribution in [1.29, 1.82) is 0 Å². The topological polar surface area (TPSA) is 29.3 Å². The second kappa shape index (κ2) is 3.58. The van der Waals surface area contributed by atoms with Crippen molar-refractivity contribution in [3.8, 4) is 0 Å². The van der Waals surface area contributed by atoms with Crippen molar-refractivity contribution in [2.24, 2.45) is 5.73 Å². The summed E-state index contributed by atoms with van der Waals surface area (Å²) >= 11 is 0. The molecule has 0 aromatic heterocycles. The Labute approximate surface area is 84.5 Å². The van der Waals surface area contributed by atoms with Crippen LogP contribution in [0.2, 0.25) is 0 Å². The molecule has 78 valence electrons. The Morgan fingerprint density at radius 1 is 1.29 bits per heavy atom. The SMILES string of the molecule is CN(C)c1ccc(C(C)(C)N)cc1F. The zero-order chi connectivity index (χ0) is 10.9. The first-order valence-corrected chi connectivity index (χ1v) is 4.58. The van der Waals surface area contributed by atoms with Crippen molar-refractivity contribution in [3.63, 3.8) is 0 Å². The van der Waals surface area contributed by atoms with Gasteiger partial charge in [0.2, 0.25) is 0 Å². The van der Waals surface area contributed by atoms with Gasteiger partial charge in [-0.05, 0) is 31.5 Å². The van der Waals surface area contributed by atoms with Crippen LogP contribution in [0.1, 0.15) is 19.4 Å². The molecule has 0 aliphatic heterocycles. The molecule has 1 aromatic rings. The Morgan fingerprint density at radius 2 is 1.86 bits per heavy atom. The van der Waals surface area contributed by atoms with E-state index in [1.54, 1.807) is 11.0 Å². The van der Waals surface area contributed by atoms with Crippen LogP contribution in [0.4, 0.5) is 10.1 Å². The van der Waals surface area contributed by atoms with Gasteiger partial charge < -0.3 is 10.6 Å². The highest BCUT2D eigenvalue weighted by Gasteiger charge is 2.16. The summed E-state index contributed by atoms with van der Waals surface area (Å²) in [6.07, 6.45) is 0. The van der Waals surface area contributed by atoms with Crippen molar-refractivity contribution in [1.82, 2.24) is 0 Å². The van der Waals surface area contributed by atoms with Gasteiger partial charge in [-0.15, -0.1) is 0 Å². The molecule has 0 aliphatic carbocycles. The molecule has 1 rings (SSSR count). The number of benzene rings is 1. The summed E-state index contributed by atoms with van der Waals surface area (Å²) in [7, 11) is 3.62. The van der Waals surface area contributed by atoms with Gasteiger partial charge in [0, 0.05) is 19.6 Å². The van der Waals surface area contributed by atoms with Crippen LogP contribution in [-0.4, -0.2) is 14.1 Å². The minimum Gasteiger partial charge on any atom is -0.375 e. The predicted molar refractivity (Wildman–Crippen MR) is 57.9 cm³/mol. The Balaban J connectivity index is 3.13. The smallest absolute Gasteiger partial charge is 0.146 e. The number of rotatable bonds is 2. The Kier molecular flexibility index (Phi) is 2.81. The molecule has 0 atom stereocenters. The van der Waals surface area contributed by atoms with Crippen molar-refractivity contribution in [2.75, 3.05) is 19.0 Å². The van der Waals surface area contributed by atoms with Gasteiger partial charge in [-0.1, -0.05) is 6.07 Å². The van der Waals surface area contributed by atoms with Gasteiger partial charge in [0.1, 0.15) is 5.82 Å². The fourth-order valence-corrected chi connectivity index (χ4v) is 1.27. The van der Waals surface area contributed by atoms with E-state index in [1.807, 2.05) is 34.0 Å². The average molecular weight is 196 g/mol. The Morgan fingerprint density at radius 3 is 2.21 bits per heavy atom. The molecule has 2 nitrogen and oxygen atoms in total. The molecule has 1 aromatic carbocycles. The van der Waals surface area contributed by atoms with Crippen molar-refractivity contribution in [2.45, 2.75) is 19.4 Å². The van der Waals surface area contributed by atoms with Gasteiger partial charge in [0.25, 0.3) is 0 Å². The maximum absolute atomic E-state index is 13.5. The van der Waals surface area contributed by atoms with E-state index >= 15 is 0 Å². The van der Waals surface area contributed by atoms with E-state index < -0.39 is 5.54 Å². The number of hydrogen-bond donors (Lipinski definition) is 1. The molecule has 0 unspecified atom stereocenters. The lowest BCUT2D eigenvalue weighted by molar-refractivity contribution is 0.543. The van der Waals surface area contributed by atoms with Crippen LogP contribution in [0, 0.1) is 5.82 Å². The fourth-order valence-electron chi connectivity index (χ4n) is 1.27. The molecule has 2 N–H and O–H groups in total. The van der Waals surface area contributed by atoms with Crippen LogP contribution in [-0.2, 0) is 5.54 Å². The summed E-state index contributed by atoms with van der Waals surface area (Å²) in [6.45, 7) is 3.72. The number of hydrogen-bond acceptors (Lipinski definition) is 2. The van der Waals surface area contributed by atoms with Crippen LogP contribution < -0.4 is 10.6 Å². The average Bonchev–Trinajstić information content (AvgIpc) is 2.01. The minimum absolute atomic E-state index is 0.231. The summed E-state index contributed by atoms with van der Waals surface area (Å²) in [5.74, 6) is -0.231. The number of nitrogens with zero attached hydrogens (tertiary/aromatic N) is 1. The largest absolute Gasteiger partial charge is 0.375 e. The summed E-state index contributed by atoms with van der Waals surface area (Å²) < 4.78 is 13.5. The second-order valence-electron chi connectivity index (χ2n) is 4.28. The molecule has 0 aliphatic rings. The summed E-state index contributed by atoms with van der Waals surface area (Å²) in [5.41, 5.74) is 6.76. The molecule has 0 amide bonds. The van der Waals surface area contributed by atoms with Gasteiger partial charge in [0.05, 0.1) is 5.69 Å². The first-order chi connectivity index (χ1) is 6.32. The van der Waals surface area contributed by atoms with E-state index in [0.29, 0.717) is 5.69 Å². The molecular weight excluding hydrogens is 179 g/mol. The van der Waals surface area contributed by atoms with Crippen LogP contribution in [0.3, 0.4) is 0 Å². The van der Waals surface area contributed by atoms with Gasteiger partial charge in [-0.25, -0.2) is 4.39 Å². The Bertz CT molecular complexity index is 327. The molecule has 0 bridgehead atoms. The quantitative estimate of drug-likeness (QED) is 0.784. The third-order valence-corrected chi connectivity index (χ3v) is 2.17. The second-order valence-corrected chi connectivity index (χ2v) is 4.28. The molecule has 0 heterocycles. The van der Waals surface area contributed by atoms with Crippen LogP contribution in [0.5, 0.6) is 0 Å². The zero-order valence-electron chi connectivity index (χ0n) is 9.13. The minimum atomic E-state index is -0.494. The van der Waals surface area contributed by atoms with Crippen LogP contribution in [0.15, 0.2) is 18.2 Å². The highest BCUT2D eigenvalue weighted by Crippen LogP contribution is 2.23. The molecular formula is C11H17FN2. The van der Waals surface area contributed by atoms with Gasteiger partial charge in [-0.3, -0.25) is 0 Å². The summed E-state index contributed by atoms with van der Waals surface area (Å²) in [5, 5.41) is 0. The summed E-state index contributed by atoms with van der Waals surface area (Å²) in [4.78, 5) is 1.74. The van der Waals surface area contributed by atoms with Crippen LogP contribution >= 0.6 is 0 Å².